The number of benzene rings is 2. The quantitative estimate of drug-likeness (QED) is 0.891. The van der Waals surface area contributed by atoms with E-state index in [1.807, 2.05) is 45.0 Å². The molecule has 2 aromatic carbocycles. The minimum Gasteiger partial charge on any atom is -0.507 e. The van der Waals surface area contributed by atoms with Crippen molar-refractivity contribution >= 4 is 10.8 Å². The molecule has 0 amide bonds. The highest BCUT2D eigenvalue weighted by atomic mass is 16.5. The summed E-state index contributed by atoms with van der Waals surface area (Å²) in [6.45, 7) is 6.12. The van der Waals surface area contributed by atoms with Crippen molar-refractivity contribution in [3.05, 3.63) is 29.8 Å². The van der Waals surface area contributed by atoms with Crippen molar-refractivity contribution in [2.24, 2.45) is 0 Å². The fraction of sp³-hybridized carbons (Fsp3) is 0.375. The number of methoxy groups -OCH3 is 2. The summed E-state index contributed by atoms with van der Waals surface area (Å²) in [6.07, 6.45) is 0. The molecule has 0 aliphatic carbocycles. The van der Waals surface area contributed by atoms with Gasteiger partial charge in [-0.15, -0.1) is 0 Å². The number of fused-ring (bicyclic) bond motifs is 1. The number of aromatic hydroxyl groups is 1. The molecule has 0 unspecified atom stereocenters. The van der Waals surface area contributed by atoms with Crippen LogP contribution in [-0.4, -0.2) is 19.3 Å². The van der Waals surface area contributed by atoms with Crippen LogP contribution in [0.25, 0.3) is 10.8 Å². The third-order valence-corrected chi connectivity index (χ3v) is 3.26. The first-order chi connectivity index (χ1) is 8.91. The summed E-state index contributed by atoms with van der Waals surface area (Å²) in [5, 5.41) is 12.2. The van der Waals surface area contributed by atoms with Crippen LogP contribution in [0.1, 0.15) is 26.3 Å². The maximum absolute atomic E-state index is 10.6. The Morgan fingerprint density at radius 3 is 1.89 bits per heavy atom. The number of ether oxygens (including phenoxy) is 2. The molecule has 0 fully saturated rings. The van der Waals surface area contributed by atoms with Gasteiger partial charge in [-0.1, -0.05) is 45.0 Å². The third-order valence-electron chi connectivity index (χ3n) is 3.26. The van der Waals surface area contributed by atoms with E-state index in [1.165, 1.54) is 0 Å². The molecule has 19 heavy (non-hydrogen) atoms. The smallest absolute Gasteiger partial charge is 0.169 e. The van der Waals surface area contributed by atoms with Crippen molar-refractivity contribution in [2.45, 2.75) is 26.2 Å². The lowest BCUT2D eigenvalue weighted by Gasteiger charge is -2.26. The molecule has 0 spiro atoms. The van der Waals surface area contributed by atoms with Crippen LogP contribution in [0.2, 0.25) is 0 Å². The zero-order valence-corrected chi connectivity index (χ0v) is 12.1. The van der Waals surface area contributed by atoms with Crippen LogP contribution >= 0.6 is 0 Å². The summed E-state index contributed by atoms with van der Waals surface area (Å²) in [5.74, 6) is 1.53. The first-order valence-corrected chi connectivity index (χ1v) is 6.28. The van der Waals surface area contributed by atoms with Gasteiger partial charge in [0.25, 0.3) is 0 Å². The lowest BCUT2D eigenvalue weighted by molar-refractivity contribution is 0.342. The predicted octanol–water partition coefficient (Wildman–Crippen LogP) is 3.86. The van der Waals surface area contributed by atoms with E-state index in [0.29, 0.717) is 11.5 Å². The van der Waals surface area contributed by atoms with Crippen LogP contribution in [0.15, 0.2) is 24.3 Å². The van der Waals surface area contributed by atoms with Crippen molar-refractivity contribution in [3.63, 3.8) is 0 Å². The van der Waals surface area contributed by atoms with Crippen LogP contribution in [0.5, 0.6) is 17.2 Å². The van der Waals surface area contributed by atoms with E-state index < -0.39 is 0 Å². The topological polar surface area (TPSA) is 38.7 Å². The van der Waals surface area contributed by atoms with Crippen LogP contribution in [-0.2, 0) is 5.41 Å². The summed E-state index contributed by atoms with van der Waals surface area (Å²) >= 11 is 0. The molecule has 2 aromatic rings. The van der Waals surface area contributed by atoms with Gasteiger partial charge >= 0.3 is 0 Å². The summed E-state index contributed by atoms with van der Waals surface area (Å²) in [7, 11) is 3.22. The first-order valence-electron chi connectivity index (χ1n) is 6.28. The Labute approximate surface area is 113 Å². The molecule has 0 aliphatic rings. The molecule has 102 valence electrons. The molecule has 0 aromatic heterocycles. The highest BCUT2D eigenvalue weighted by molar-refractivity contribution is 5.97. The van der Waals surface area contributed by atoms with Gasteiger partial charge in [0.1, 0.15) is 5.75 Å². The predicted molar refractivity (Wildman–Crippen MR) is 77.4 cm³/mol. The Morgan fingerprint density at radius 2 is 1.42 bits per heavy atom. The van der Waals surface area contributed by atoms with Gasteiger partial charge in [-0.25, -0.2) is 0 Å². The highest BCUT2D eigenvalue weighted by Crippen LogP contribution is 2.49. The Bertz CT molecular complexity index is 609. The number of hydrogen-bond acceptors (Lipinski definition) is 3. The van der Waals surface area contributed by atoms with Crippen LogP contribution in [0.3, 0.4) is 0 Å². The maximum atomic E-state index is 10.6. The van der Waals surface area contributed by atoms with Gasteiger partial charge in [0.15, 0.2) is 11.5 Å². The van der Waals surface area contributed by atoms with Gasteiger partial charge in [-0.05, 0) is 5.41 Å². The van der Waals surface area contributed by atoms with Crippen molar-refractivity contribution in [1.29, 1.82) is 0 Å². The van der Waals surface area contributed by atoms with Gasteiger partial charge in [0.2, 0.25) is 0 Å². The number of phenols is 1. The molecular formula is C16H20O3. The Hall–Kier alpha value is -1.90. The SMILES string of the molecule is COc1c(C(C)(C)C)c(O)c2ccccc2c1OC. The van der Waals surface area contributed by atoms with Crippen molar-refractivity contribution in [2.75, 3.05) is 14.2 Å². The zero-order valence-electron chi connectivity index (χ0n) is 12.1. The average molecular weight is 260 g/mol. The molecule has 2 rings (SSSR count). The maximum Gasteiger partial charge on any atom is 0.169 e. The van der Waals surface area contributed by atoms with Crippen molar-refractivity contribution in [1.82, 2.24) is 0 Å². The number of rotatable bonds is 2. The Morgan fingerprint density at radius 1 is 0.895 bits per heavy atom. The van der Waals surface area contributed by atoms with Crippen LogP contribution in [0.4, 0.5) is 0 Å². The lowest BCUT2D eigenvalue weighted by Crippen LogP contribution is -2.14. The van der Waals surface area contributed by atoms with E-state index in [2.05, 4.69) is 0 Å². The molecule has 0 atom stereocenters. The highest BCUT2D eigenvalue weighted by Gasteiger charge is 2.28. The van der Waals surface area contributed by atoms with Crippen molar-refractivity contribution < 1.29 is 14.6 Å². The fourth-order valence-corrected chi connectivity index (χ4v) is 2.46. The van der Waals surface area contributed by atoms with Gasteiger partial charge in [0.05, 0.1) is 14.2 Å². The molecule has 0 bridgehead atoms. The number of phenolic OH excluding ortho intramolecular Hbond substituents is 1. The second-order valence-corrected chi connectivity index (χ2v) is 5.59. The monoisotopic (exact) mass is 260 g/mol. The molecule has 0 saturated heterocycles. The summed E-state index contributed by atoms with van der Waals surface area (Å²) in [5.41, 5.74) is 0.526. The van der Waals surface area contributed by atoms with Gasteiger partial charge in [-0.2, -0.15) is 0 Å². The van der Waals surface area contributed by atoms with Gasteiger partial charge < -0.3 is 14.6 Å². The fourth-order valence-electron chi connectivity index (χ4n) is 2.46. The Balaban J connectivity index is 2.99. The van der Waals surface area contributed by atoms with Crippen LogP contribution in [0, 0.1) is 0 Å². The zero-order chi connectivity index (χ0) is 14.2. The largest absolute Gasteiger partial charge is 0.507 e. The minimum atomic E-state index is -0.243. The molecule has 3 nitrogen and oxygen atoms in total. The molecule has 0 heterocycles. The minimum absolute atomic E-state index is 0.243. The summed E-state index contributed by atoms with van der Waals surface area (Å²) < 4.78 is 11.0. The molecular weight excluding hydrogens is 240 g/mol. The van der Waals surface area contributed by atoms with E-state index in [4.69, 9.17) is 9.47 Å². The lowest BCUT2D eigenvalue weighted by atomic mass is 9.83. The summed E-state index contributed by atoms with van der Waals surface area (Å²) in [4.78, 5) is 0. The van der Waals surface area contributed by atoms with Gasteiger partial charge in [0, 0.05) is 16.3 Å². The van der Waals surface area contributed by atoms with Gasteiger partial charge in [-0.3, -0.25) is 0 Å². The molecule has 0 radical (unpaired) electrons. The average Bonchev–Trinajstić information content (AvgIpc) is 2.37. The molecule has 0 saturated carbocycles. The molecule has 0 aliphatic heterocycles. The number of hydrogen-bond donors (Lipinski definition) is 1. The molecule has 3 heteroatoms. The second-order valence-electron chi connectivity index (χ2n) is 5.59. The Kier molecular flexibility index (Phi) is 3.31. The second kappa shape index (κ2) is 4.65. The first kappa shape index (κ1) is 13.5. The normalized spacial score (nSPS) is 11.6. The standard InChI is InChI=1S/C16H20O3/c1-16(2,3)12-13(17)10-8-6-7-9-11(10)14(18-4)15(12)19-5/h6-9,17H,1-5H3. The van der Waals surface area contributed by atoms with E-state index >= 15 is 0 Å². The molecule has 1 N–H and O–H groups in total. The van der Waals surface area contributed by atoms with E-state index in [1.54, 1.807) is 14.2 Å². The van der Waals surface area contributed by atoms with Crippen LogP contribution < -0.4 is 9.47 Å². The van der Waals surface area contributed by atoms with E-state index in [0.717, 1.165) is 16.3 Å². The van der Waals surface area contributed by atoms with E-state index in [9.17, 15) is 5.11 Å². The van der Waals surface area contributed by atoms with E-state index in [-0.39, 0.29) is 11.2 Å². The van der Waals surface area contributed by atoms with Crippen molar-refractivity contribution in [3.8, 4) is 17.2 Å². The summed E-state index contributed by atoms with van der Waals surface area (Å²) in [6, 6.07) is 7.63. The third kappa shape index (κ3) is 2.09.